The molecule has 5 aliphatic rings. The highest BCUT2D eigenvalue weighted by Crippen LogP contribution is 2.50. The first kappa shape index (κ1) is 28.2. The van der Waals surface area contributed by atoms with E-state index in [1.807, 2.05) is 0 Å². The minimum Gasteiger partial charge on any atom is -0.460 e. The summed E-state index contributed by atoms with van der Waals surface area (Å²) in [5.74, 6) is -2.60. The second-order valence-electron chi connectivity index (χ2n) is 10.6. The zero-order chi connectivity index (χ0) is 26.5. The third-order valence-electron chi connectivity index (χ3n) is 7.78. The summed E-state index contributed by atoms with van der Waals surface area (Å²) in [4.78, 5) is 23.8. The maximum Gasteiger partial charge on any atom is 0.344 e. The van der Waals surface area contributed by atoms with Gasteiger partial charge in [0.1, 0.15) is 31.0 Å². The summed E-state index contributed by atoms with van der Waals surface area (Å²) < 4.78 is 42.9. The first-order valence-electron chi connectivity index (χ1n) is 13.7. The van der Waals surface area contributed by atoms with Crippen LogP contribution in [-0.4, -0.2) is 67.4 Å². The van der Waals surface area contributed by atoms with Crippen molar-refractivity contribution in [1.82, 2.24) is 0 Å². The lowest BCUT2D eigenvalue weighted by atomic mass is 9.99. The number of hydrogen-bond acceptors (Lipinski definition) is 9. The van der Waals surface area contributed by atoms with Crippen molar-refractivity contribution >= 4 is 11.9 Å². The molecule has 0 aromatic rings. The molecule has 208 valence electrons. The van der Waals surface area contributed by atoms with Gasteiger partial charge in [-0.05, 0) is 32.6 Å². The van der Waals surface area contributed by atoms with Crippen molar-refractivity contribution in [2.45, 2.75) is 126 Å². The Labute approximate surface area is 219 Å². The van der Waals surface area contributed by atoms with Gasteiger partial charge in [0, 0.05) is 31.3 Å². The van der Waals surface area contributed by atoms with Crippen LogP contribution in [0, 0.1) is 0 Å². The predicted molar refractivity (Wildman–Crippen MR) is 133 cm³/mol. The van der Waals surface area contributed by atoms with Gasteiger partial charge in [-0.2, -0.15) is 0 Å². The molecule has 2 spiro atoms. The van der Waals surface area contributed by atoms with Crippen molar-refractivity contribution < 1.29 is 42.7 Å². The van der Waals surface area contributed by atoms with Crippen molar-refractivity contribution in [2.24, 2.45) is 0 Å². The highest BCUT2D eigenvalue weighted by atomic mass is 16.9. The highest BCUT2D eigenvalue weighted by molar-refractivity contribution is 5.88. The first-order chi connectivity index (χ1) is 17.9. The van der Waals surface area contributed by atoms with E-state index in [-0.39, 0.29) is 24.4 Å². The van der Waals surface area contributed by atoms with E-state index in [0.717, 1.165) is 51.4 Å². The Balaban J connectivity index is 0.00000156. The van der Waals surface area contributed by atoms with E-state index in [1.54, 1.807) is 0 Å². The fourth-order valence-corrected chi connectivity index (χ4v) is 5.99. The number of ether oxygens (including phenoxy) is 7. The van der Waals surface area contributed by atoms with Crippen molar-refractivity contribution in [2.75, 3.05) is 13.2 Å². The molecule has 0 N–H and O–H groups in total. The summed E-state index contributed by atoms with van der Waals surface area (Å²) in [6.45, 7) is 10.5. The van der Waals surface area contributed by atoms with E-state index >= 15 is 0 Å². The van der Waals surface area contributed by atoms with Crippen LogP contribution in [0.2, 0.25) is 0 Å². The van der Waals surface area contributed by atoms with Crippen LogP contribution in [0.1, 0.15) is 84.0 Å². The van der Waals surface area contributed by atoms with Crippen LogP contribution in [0.25, 0.3) is 0 Å². The van der Waals surface area contributed by atoms with Gasteiger partial charge in [0.2, 0.25) is 0 Å². The molecule has 3 aliphatic heterocycles. The Morgan fingerprint density at radius 3 is 1.84 bits per heavy atom. The van der Waals surface area contributed by atoms with E-state index in [0.29, 0.717) is 0 Å². The summed E-state index contributed by atoms with van der Waals surface area (Å²) >= 11 is 0. The van der Waals surface area contributed by atoms with Crippen LogP contribution in [0.4, 0.5) is 0 Å². The van der Waals surface area contributed by atoms with Crippen LogP contribution in [0.15, 0.2) is 25.3 Å². The Morgan fingerprint density at radius 1 is 0.757 bits per heavy atom. The average molecular weight is 523 g/mol. The van der Waals surface area contributed by atoms with Gasteiger partial charge in [0.05, 0.1) is 0 Å². The molecule has 2 aliphatic carbocycles. The number of rotatable bonds is 5. The third kappa shape index (κ3) is 6.45. The molecule has 5 fully saturated rings. The minimum absolute atomic E-state index is 0.0519. The molecular weight excluding hydrogens is 480 g/mol. The van der Waals surface area contributed by atoms with Crippen molar-refractivity contribution in [3.63, 3.8) is 0 Å². The molecule has 0 radical (unpaired) electrons. The molecule has 9 heteroatoms. The fraction of sp³-hybridized carbons (Fsp3) is 0.786. The summed E-state index contributed by atoms with van der Waals surface area (Å²) in [5.41, 5.74) is 0.221. The molecule has 0 aromatic carbocycles. The van der Waals surface area contributed by atoms with Crippen molar-refractivity contribution in [3.05, 3.63) is 25.3 Å². The standard InChI is InChI=1S/C26H38O9.C2H4/c1-17(2)23(28)30-16-19(27)29-15-18-20-21(33-25(32-20)11-7-3-4-8-12-25)22-24(31-18)35-26(34-22)13-9-5-6-10-14-26;1-2/h18,20-22,24H,1,3-16H2,2H3;1-2H2/t18?,20?,21?,22-,24-;/m1./s1. The molecule has 0 aromatic heterocycles. The maximum atomic E-state index is 12.2. The number of esters is 2. The van der Waals surface area contributed by atoms with E-state index < -0.39 is 48.6 Å². The number of carbonyl (C=O) groups excluding carboxylic acids is 2. The van der Waals surface area contributed by atoms with Gasteiger partial charge in [0.15, 0.2) is 24.5 Å². The lowest BCUT2D eigenvalue weighted by molar-refractivity contribution is -0.252. The van der Waals surface area contributed by atoms with Gasteiger partial charge >= 0.3 is 11.9 Å². The summed E-state index contributed by atoms with van der Waals surface area (Å²) in [5, 5.41) is 0. The van der Waals surface area contributed by atoms with Crippen LogP contribution >= 0.6 is 0 Å². The molecule has 3 unspecified atom stereocenters. The quantitative estimate of drug-likeness (QED) is 0.294. The lowest BCUT2D eigenvalue weighted by Crippen LogP contribution is -2.56. The molecule has 3 saturated heterocycles. The van der Waals surface area contributed by atoms with Crippen molar-refractivity contribution in [3.8, 4) is 0 Å². The lowest BCUT2D eigenvalue weighted by Gasteiger charge is -2.36. The largest absolute Gasteiger partial charge is 0.460 e. The van der Waals surface area contributed by atoms with Crippen LogP contribution in [-0.2, 0) is 42.7 Å². The van der Waals surface area contributed by atoms with Gasteiger partial charge in [-0.25, -0.2) is 9.59 Å². The van der Waals surface area contributed by atoms with E-state index in [1.165, 1.54) is 32.6 Å². The smallest absolute Gasteiger partial charge is 0.344 e. The molecule has 37 heavy (non-hydrogen) atoms. The van der Waals surface area contributed by atoms with E-state index in [9.17, 15) is 9.59 Å². The Hall–Kier alpha value is -1.78. The van der Waals surface area contributed by atoms with Crippen LogP contribution in [0.3, 0.4) is 0 Å². The highest BCUT2D eigenvalue weighted by Gasteiger charge is 2.63. The molecule has 5 rings (SSSR count). The molecule has 3 heterocycles. The van der Waals surface area contributed by atoms with E-state index in [2.05, 4.69) is 19.7 Å². The van der Waals surface area contributed by atoms with Gasteiger partial charge in [-0.3, -0.25) is 0 Å². The van der Waals surface area contributed by atoms with Gasteiger partial charge in [-0.1, -0.05) is 32.3 Å². The van der Waals surface area contributed by atoms with Gasteiger partial charge in [-0.15, -0.1) is 13.2 Å². The Bertz CT molecular complexity index is 810. The SMILES string of the molecule is C=C.C=C(C)C(=O)OCC(=O)OCC1O[C@@H]2OC3(CCCCCC3)O[C@@H]2C2OC3(CCCCCC3)OC12. The van der Waals surface area contributed by atoms with Gasteiger partial charge < -0.3 is 33.2 Å². The molecule has 0 amide bonds. The third-order valence-corrected chi connectivity index (χ3v) is 7.78. The second-order valence-corrected chi connectivity index (χ2v) is 10.6. The molecule has 9 nitrogen and oxygen atoms in total. The minimum atomic E-state index is -0.661. The fourth-order valence-electron chi connectivity index (χ4n) is 5.99. The predicted octanol–water partition coefficient (Wildman–Crippen LogP) is 4.48. The van der Waals surface area contributed by atoms with E-state index in [4.69, 9.17) is 33.2 Å². The monoisotopic (exact) mass is 522 g/mol. The zero-order valence-electron chi connectivity index (χ0n) is 22.1. The average Bonchev–Trinajstić information content (AvgIpc) is 3.23. The topological polar surface area (TPSA) is 98.8 Å². The van der Waals surface area contributed by atoms with Crippen molar-refractivity contribution in [1.29, 1.82) is 0 Å². The molecule has 2 saturated carbocycles. The number of carbonyl (C=O) groups is 2. The first-order valence-corrected chi connectivity index (χ1v) is 13.7. The molecule has 0 bridgehead atoms. The summed E-state index contributed by atoms with van der Waals surface area (Å²) in [6.07, 6.45) is 9.83. The Kier molecular flexibility index (Phi) is 9.45. The molecule has 5 atom stereocenters. The van der Waals surface area contributed by atoms with Gasteiger partial charge in [0.25, 0.3) is 0 Å². The summed E-state index contributed by atoms with van der Waals surface area (Å²) in [7, 11) is 0. The summed E-state index contributed by atoms with van der Waals surface area (Å²) in [6, 6.07) is 0. The number of fused-ring (bicyclic) bond motifs is 3. The van der Waals surface area contributed by atoms with Crippen LogP contribution in [0.5, 0.6) is 0 Å². The zero-order valence-corrected chi connectivity index (χ0v) is 22.1. The Morgan fingerprint density at radius 2 is 1.27 bits per heavy atom. The second kappa shape index (κ2) is 12.4. The number of hydrogen-bond donors (Lipinski definition) is 0. The normalized spacial score (nSPS) is 33.7. The van der Waals surface area contributed by atoms with Crippen LogP contribution < -0.4 is 0 Å². The maximum absolute atomic E-state index is 12.2. The molecular formula is C28H42O9.